The number of pyridine rings is 1. The van der Waals surface area contributed by atoms with Crippen LogP contribution in [0.2, 0.25) is 0 Å². The molecule has 0 aliphatic carbocycles. The van der Waals surface area contributed by atoms with Crippen molar-refractivity contribution >= 4 is 5.82 Å². The second-order valence-electron chi connectivity index (χ2n) is 7.44. The molecule has 0 aliphatic heterocycles. The first-order valence-electron chi connectivity index (χ1n) is 10.2. The smallest absolute Gasteiger partial charge is 0.149 e. The highest BCUT2D eigenvalue weighted by molar-refractivity contribution is 5.85. The van der Waals surface area contributed by atoms with E-state index in [9.17, 15) is 9.65 Å². The number of nitrogen functional groups attached to an aromatic ring is 1. The Morgan fingerprint density at radius 3 is 2.48 bits per heavy atom. The largest absolute Gasteiger partial charge is 0.383 e. The third-order valence-corrected chi connectivity index (χ3v) is 5.35. The van der Waals surface area contributed by atoms with Crippen molar-refractivity contribution in [1.29, 1.82) is 5.26 Å². The van der Waals surface area contributed by atoms with Gasteiger partial charge in [-0.2, -0.15) is 10.4 Å². The van der Waals surface area contributed by atoms with Gasteiger partial charge in [0.25, 0.3) is 0 Å². The van der Waals surface area contributed by atoms with E-state index in [0.29, 0.717) is 28.3 Å². The van der Waals surface area contributed by atoms with E-state index >= 15 is 0 Å². The molecule has 5 rings (SSSR count). The first-order valence-corrected chi connectivity index (χ1v) is 10.2. The molecule has 8 heteroatoms. The maximum Gasteiger partial charge on any atom is 0.149 e. The first kappa shape index (κ1) is 20.2. The van der Waals surface area contributed by atoms with Crippen LogP contribution in [0.5, 0.6) is 0 Å². The van der Waals surface area contributed by atoms with Crippen molar-refractivity contribution in [3.63, 3.8) is 0 Å². The van der Waals surface area contributed by atoms with Crippen LogP contribution in [0.25, 0.3) is 33.9 Å². The molecule has 5 aromatic rings. The second kappa shape index (κ2) is 8.05. The minimum absolute atomic E-state index is 0.0952. The second-order valence-corrected chi connectivity index (χ2v) is 7.44. The highest BCUT2D eigenvalue weighted by atomic mass is 19.1. The van der Waals surface area contributed by atoms with Crippen LogP contribution in [0.1, 0.15) is 11.3 Å². The average molecular weight is 435 g/mol. The molecule has 0 bridgehead atoms. The Balaban J connectivity index is 1.82. The number of para-hydroxylation sites is 1. The highest BCUT2D eigenvalue weighted by Gasteiger charge is 2.24. The summed E-state index contributed by atoms with van der Waals surface area (Å²) in [6, 6.07) is 19.7. The molecule has 3 aromatic heterocycles. The summed E-state index contributed by atoms with van der Waals surface area (Å²) in [5.74, 6) is 0.462. The number of anilines is 1. The number of nitrogens with zero attached hydrogens (tertiary/aromatic N) is 6. The van der Waals surface area contributed by atoms with Crippen molar-refractivity contribution in [2.24, 2.45) is 0 Å². The summed E-state index contributed by atoms with van der Waals surface area (Å²) in [6.45, 7) is 1.88. The minimum Gasteiger partial charge on any atom is -0.383 e. The van der Waals surface area contributed by atoms with Crippen LogP contribution in [0.4, 0.5) is 10.2 Å². The molecular formula is C25H18FN7. The predicted molar refractivity (Wildman–Crippen MR) is 123 cm³/mol. The number of aromatic nitrogens is 5. The van der Waals surface area contributed by atoms with Crippen LogP contribution in [-0.4, -0.2) is 24.3 Å². The molecule has 2 aromatic carbocycles. The molecule has 0 aliphatic rings. The Morgan fingerprint density at radius 1 is 1.06 bits per heavy atom. The Kier molecular flexibility index (Phi) is 4.92. The van der Waals surface area contributed by atoms with E-state index in [1.54, 1.807) is 30.7 Å². The Hall–Kier alpha value is -4.77. The zero-order chi connectivity index (χ0) is 22.9. The van der Waals surface area contributed by atoms with E-state index in [-0.39, 0.29) is 17.2 Å². The van der Waals surface area contributed by atoms with Crippen LogP contribution in [-0.2, 0) is 0 Å². The van der Waals surface area contributed by atoms with Gasteiger partial charge < -0.3 is 5.73 Å². The SMILES string of the molecule is Cc1nn(-c2ccccc2)c(-n2ccnc2)c1-c1cc(-c2ccc(F)cc2)nc(N)c1C#N. The Labute approximate surface area is 189 Å². The molecular weight excluding hydrogens is 417 g/mol. The van der Waals surface area contributed by atoms with Gasteiger partial charge in [-0.3, -0.25) is 4.57 Å². The lowest BCUT2D eigenvalue weighted by molar-refractivity contribution is 0.628. The lowest BCUT2D eigenvalue weighted by atomic mass is 9.98. The summed E-state index contributed by atoms with van der Waals surface area (Å²) < 4.78 is 17.1. The lowest BCUT2D eigenvalue weighted by Crippen LogP contribution is -2.06. The van der Waals surface area contributed by atoms with E-state index in [1.807, 2.05) is 52.7 Å². The zero-order valence-electron chi connectivity index (χ0n) is 17.6. The highest BCUT2D eigenvalue weighted by Crippen LogP contribution is 2.37. The maximum atomic E-state index is 13.5. The van der Waals surface area contributed by atoms with Crippen molar-refractivity contribution in [3.8, 4) is 40.0 Å². The topological polar surface area (TPSA) is 98.3 Å². The van der Waals surface area contributed by atoms with Crippen molar-refractivity contribution in [2.75, 3.05) is 5.73 Å². The fraction of sp³-hybridized carbons (Fsp3) is 0.0400. The number of halogens is 1. The van der Waals surface area contributed by atoms with Gasteiger partial charge in [-0.25, -0.2) is 19.0 Å². The van der Waals surface area contributed by atoms with E-state index < -0.39 is 0 Å². The number of benzene rings is 2. The quantitative estimate of drug-likeness (QED) is 0.442. The molecule has 0 atom stereocenters. The standard InChI is InChI=1S/C25H18FN7/c1-16-23(25(32-12-11-29-15-32)33(31-16)19-5-3-2-4-6-19)20-13-22(30-24(28)21(20)14-27)17-7-9-18(26)10-8-17/h2-13,15H,1H3,(H2,28,30). The molecule has 0 saturated carbocycles. The van der Waals surface area contributed by atoms with E-state index in [4.69, 9.17) is 10.8 Å². The molecule has 0 radical (unpaired) electrons. The normalized spacial score (nSPS) is 10.8. The van der Waals surface area contributed by atoms with E-state index in [0.717, 1.165) is 11.3 Å². The molecule has 0 amide bonds. The summed E-state index contributed by atoms with van der Waals surface area (Å²) in [7, 11) is 0. The number of nitriles is 1. The van der Waals surface area contributed by atoms with E-state index in [1.165, 1.54) is 12.1 Å². The number of nitrogens with two attached hydrogens (primary N) is 1. The van der Waals surface area contributed by atoms with Gasteiger partial charge >= 0.3 is 0 Å². The molecule has 0 fully saturated rings. The zero-order valence-corrected chi connectivity index (χ0v) is 17.6. The van der Waals surface area contributed by atoms with Gasteiger partial charge in [0.2, 0.25) is 0 Å². The van der Waals surface area contributed by atoms with Crippen LogP contribution < -0.4 is 5.73 Å². The van der Waals surface area contributed by atoms with Crippen LogP contribution >= 0.6 is 0 Å². The van der Waals surface area contributed by atoms with Crippen molar-refractivity contribution < 1.29 is 4.39 Å². The molecule has 7 nitrogen and oxygen atoms in total. The predicted octanol–water partition coefficient (Wildman–Crippen LogP) is 4.69. The summed E-state index contributed by atoms with van der Waals surface area (Å²) >= 11 is 0. The van der Waals surface area contributed by atoms with Crippen molar-refractivity contribution in [1.82, 2.24) is 24.3 Å². The molecule has 0 unspecified atom stereocenters. The third-order valence-electron chi connectivity index (χ3n) is 5.35. The third kappa shape index (κ3) is 3.51. The molecule has 0 spiro atoms. The molecule has 0 saturated heterocycles. The number of rotatable bonds is 4. The van der Waals surface area contributed by atoms with Crippen LogP contribution in [0.3, 0.4) is 0 Å². The molecule has 33 heavy (non-hydrogen) atoms. The molecule has 3 heterocycles. The molecule has 160 valence electrons. The van der Waals surface area contributed by atoms with Gasteiger partial charge in [-0.05, 0) is 49.4 Å². The summed E-state index contributed by atoms with van der Waals surface area (Å²) in [5, 5.41) is 14.7. The van der Waals surface area contributed by atoms with Gasteiger partial charge in [0.05, 0.1) is 17.1 Å². The fourth-order valence-corrected chi connectivity index (χ4v) is 3.85. The van der Waals surface area contributed by atoms with Gasteiger partial charge in [0.1, 0.15) is 35.4 Å². The summed E-state index contributed by atoms with van der Waals surface area (Å²) in [5.41, 5.74) is 10.6. The minimum atomic E-state index is -0.344. The lowest BCUT2D eigenvalue weighted by Gasteiger charge is -2.13. The Bertz CT molecular complexity index is 1480. The van der Waals surface area contributed by atoms with Gasteiger partial charge in [-0.1, -0.05) is 18.2 Å². The average Bonchev–Trinajstić information content (AvgIpc) is 3.47. The first-order chi connectivity index (χ1) is 16.1. The number of imidazole rings is 1. The van der Waals surface area contributed by atoms with Crippen LogP contribution in [0, 0.1) is 24.1 Å². The number of hydrogen-bond acceptors (Lipinski definition) is 5. The van der Waals surface area contributed by atoms with Gasteiger partial charge in [0.15, 0.2) is 0 Å². The van der Waals surface area contributed by atoms with Gasteiger partial charge in [0, 0.05) is 29.1 Å². The maximum absolute atomic E-state index is 13.5. The van der Waals surface area contributed by atoms with Crippen LogP contribution in [0.15, 0.2) is 79.4 Å². The fourth-order valence-electron chi connectivity index (χ4n) is 3.85. The van der Waals surface area contributed by atoms with E-state index in [2.05, 4.69) is 16.0 Å². The number of aryl methyl sites for hydroxylation is 1. The molecule has 2 N–H and O–H groups in total. The van der Waals surface area contributed by atoms with Gasteiger partial charge in [-0.15, -0.1) is 0 Å². The monoisotopic (exact) mass is 435 g/mol. The summed E-state index contributed by atoms with van der Waals surface area (Å²) in [4.78, 5) is 8.60. The van der Waals surface area contributed by atoms with Crippen molar-refractivity contribution in [3.05, 3.63) is 96.5 Å². The number of hydrogen-bond donors (Lipinski definition) is 1. The van der Waals surface area contributed by atoms with Crippen molar-refractivity contribution in [2.45, 2.75) is 6.92 Å². The Morgan fingerprint density at radius 2 is 1.82 bits per heavy atom. The summed E-state index contributed by atoms with van der Waals surface area (Å²) in [6.07, 6.45) is 5.17.